The van der Waals surface area contributed by atoms with Gasteiger partial charge in [0, 0.05) is 12.6 Å². The summed E-state index contributed by atoms with van der Waals surface area (Å²) in [7, 11) is 2.12. The quantitative estimate of drug-likeness (QED) is 0.765. The third kappa shape index (κ3) is 3.98. The van der Waals surface area contributed by atoms with Crippen molar-refractivity contribution in [2.24, 2.45) is 17.1 Å². The number of carbonyl (C=O) groups excluding carboxylic acids is 1. The van der Waals surface area contributed by atoms with E-state index in [-0.39, 0.29) is 5.97 Å². The number of nitrogens with zero attached hydrogens (tertiary/aromatic N) is 1. The van der Waals surface area contributed by atoms with Crippen LogP contribution in [-0.2, 0) is 9.53 Å². The second-order valence-electron chi connectivity index (χ2n) is 7.85. The summed E-state index contributed by atoms with van der Waals surface area (Å²) in [6.45, 7) is 7.57. The summed E-state index contributed by atoms with van der Waals surface area (Å²) in [5.74, 6) is 0.0921. The third-order valence-electron chi connectivity index (χ3n) is 5.40. The highest BCUT2D eigenvalue weighted by Gasteiger charge is 2.50. The lowest BCUT2D eigenvalue weighted by molar-refractivity contribution is -0.151. The van der Waals surface area contributed by atoms with Gasteiger partial charge in [0.05, 0.1) is 6.61 Å². The zero-order chi connectivity index (χ0) is 15.7. The summed E-state index contributed by atoms with van der Waals surface area (Å²) in [5.41, 5.74) is 6.14. The Morgan fingerprint density at radius 2 is 1.86 bits per heavy atom. The number of hydrogen-bond donors (Lipinski definition) is 1. The lowest BCUT2D eigenvalue weighted by Crippen LogP contribution is -2.59. The van der Waals surface area contributed by atoms with Crippen LogP contribution in [0.25, 0.3) is 0 Å². The molecule has 0 amide bonds. The number of rotatable bonds is 6. The molecule has 2 aliphatic carbocycles. The predicted molar refractivity (Wildman–Crippen MR) is 84.9 cm³/mol. The maximum absolute atomic E-state index is 12.3. The zero-order valence-electron chi connectivity index (χ0n) is 14.2. The van der Waals surface area contributed by atoms with Gasteiger partial charge in [-0.2, -0.15) is 0 Å². The van der Waals surface area contributed by atoms with Crippen LogP contribution >= 0.6 is 0 Å². The van der Waals surface area contributed by atoms with E-state index in [0.717, 1.165) is 12.8 Å². The fraction of sp³-hybridized carbons (Fsp3) is 0.941. The van der Waals surface area contributed by atoms with Crippen molar-refractivity contribution in [2.45, 2.75) is 70.9 Å². The second kappa shape index (κ2) is 6.25. The predicted octanol–water partition coefficient (Wildman–Crippen LogP) is 2.56. The molecular weight excluding hydrogens is 264 g/mol. The van der Waals surface area contributed by atoms with E-state index in [1.54, 1.807) is 0 Å². The van der Waals surface area contributed by atoms with Crippen molar-refractivity contribution < 1.29 is 9.53 Å². The Kier molecular flexibility index (Phi) is 4.99. The molecule has 0 aliphatic heterocycles. The number of nitrogens with two attached hydrogens (primary N) is 1. The molecule has 2 rings (SSSR count). The minimum absolute atomic E-state index is 0.213. The standard InChI is InChI=1S/C17H32N2O2/c1-5-21-15(20)17(18,13-6-7-13)12-19(4)14-8-10-16(2,3)11-9-14/h13-14H,5-12,18H2,1-4H3. The van der Waals surface area contributed by atoms with E-state index in [0.29, 0.717) is 30.5 Å². The van der Waals surface area contributed by atoms with Gasteiger partial charge >= 0.3 is 5.97 Å². The van der Waals surface area contributed by atoms with E-state index in [1.165, 1.54) is 25.7 Å². The normalized spacial score (nSPS) is 25.6. The van der Waals surface area contributed by atoms with Crippen LogP contribution in [0.1, 0.15) is 59.3 Å². The van der Waals surface area contributed by atoms with Crippen molar-refractivity contribution >= 4 is 5.97 Å². The van der Waals surface area contributed by atoms with Crippen molar-refractivity contribution in [1.82, 2.24) is 4.90 Å². The molecule has 2 saturated carbocycles. The summed E-state index contributed by atoms with van der Waals surface area (Å²) in [6, 6.07) is 0.550. The molecule has 0 spiro atoms. The van der Waals surface area contributed by atoms with Crippen molar-refractivity contribution in [1.29, 1.82) is 0 Å². The number of ether oxygens (including phenoxy) is 1. The number of hydrogen-bond acceptors (Lipinski definition) is 4. The molecule has 0 bridgehead atoms. The topological polar surface area (TPSA) is 55.6 Å². The SMILES string of the molecule is CCOC(=O)C(N)(CN(C)C1CCC(C)(C)CC1)C1CC1. The summed E-state index contributed by atoms with van der Waals surface area (Å²) in [5, 5.41) is 0. The van der Waals surface area contributed by atoms with Gasteiger partial charge in [-0.25, -0.2) is 4.79 Å². The third-order valence-corrected chi connectivity index (χ3v) is 5.40. The first kappa shape index (κ1) is 16.8. The van der Waals surface area contributed by atoms with Gasteiger partial charge in [-0.1, -0.05) is 13.8 Å². The van der Waals surface area contributed by atoms with E-state index in [4.69, 9.17) is 10.5 Å². The van der Waals surface area contributed by atoms with Gasteiger partial charge in [-0.05, 0) is 63.8 Å². The summed E-state index contributed by atoms with van der Waals surface area (Å²) in [4.78, 5) is 14.6. The van der Waals surface area contributed by atoms with E-state index in [9.17, 15) is 4.79 Å². The zero-order valence-corrected chi connectivity index (χ0v) is 14.2. The van der Waals surface area contributed by atoms with Crippen molar-refractivity contribution in [3.8, 4) is 0 Å². The van der Waals surface area contributed by atoms with Gasteiger partial charge in [0.1, 0.15) is 5.54 Å². The molecule has 0 aromatic rings. The molecule has 1 unspecified atom stereocenters. The molecule has 4 heteroatoms. The molecule has 0 aromatic carbocycles. The number of likely N-dealkylation sites (N-methyl/N-ethyl adjacent to an activating group) is 1. The van der Waals surface area contributed by atoms with Gasteiger partial charge in [0.2, 0.25) is 0 Å². The highest BCUT2D eigenvalue weighted by atomic mass is 16.5. The van der Waals surface area contributed by atoms with E-state index >= 15 is 0 Å². The highest BCUT2D eigenvalue weighted by Crippen LogP contribution is 2.41. The summed E-state index contributed by atoms with van der Waals surface area (Å²) in [6.07, 6.45) is 7.02. The van der Waals surface area contributed by atoms with Crippen LogP contribution in [0.4, 0.5) is 0 Å². The van der Waals surface area contributed by atoms with Crippen molar-refractivity contribution in [2.75, 3.05) is 20.2 Å². The molecule has 0 aromatic heterocycles. The average molecular weight is 296 g/mol. The summed E-state index contributed by atoms with van der Waals surface area (Å²) < 4.78 is 5.24. The first-order valence-corrected chi connectivity index (χ1v) is 8.45. The minimum atomic E-state index is -0.808. The van der Waals surface area contributed by atoms with Gasteiger partial charge < -0.3 is 15.4 Å². The molecular formula is C17H32N2O2. The van der Waals surface area contributed by atoms with Crippen LogP contribution in [0.5, 0.6) is 0 Å². The molecule has 2 fully saturated rings. The molecule has 0 saturated heterocycles. The Hall–Kier alpha value is -0.610. The van der Waals surface area contributed by atoms with Crippen LogP contribution in [0.2, 0.25) is 0 Å². The van der Waals surface area contributed by atoms with Gasteiger partial charge in [-0.3, -0.25) is 0 Å². The van der Waals surface area contributed by atoms with Crippen LogP contribution in [-0.4, -0.2) is 42.6 Å². The van der Waals surface area contributed by atoms with Crippen molar-refractivity contribution in [3.05, 3.63) is 0 Å². The Morgan fingerprint density at radius 1 is 1.29 bits per heavy atom. The molecule has 1 atom stereocenters. The Bertz CT molecular complexity index is 369. The first-order chi connectivity index (χ1) is 9.78. The smallest absolute Gasteiger partial charge is 0.327 e. The molecule has 2 N–H and O–H groups in total. The maximum atomic E-state index is 12.3. The molecule has 21 heavy (non-hydrogen) atoms. The number of esters is 1. The Morgan fingerprint density at radius 3 is 2.33 bits per heavy atom. The monoisotopic (exact) mass is 296 g/mol. The number of carbonyl (C=O) groups is 1. The van der Waals surface area contributed by atoms with Crippen LogP contribution < -0.4 is 5.73 Å². The van der Waals surface area contributed by atoms with Crippen LogP contribution in [0.3, 0.4) is 0 Å². The molecule has 4 nitrogen and oxygen atoms in total. The molecule has 2 aliphatic rings. The molecule has 122 valence electrons. The molecule has 0 heterocycles. The van der Waals surface area contributed by atoms with Gasteiger partial charge in [-0.15, -0.1) is 0 Å². The van der Waals surface area contributed by atoms with Crippen LogP contribution in [0.15, 0.2) is 0 Å². The van der Waals surface area contributed by atoms with E-state index in [2.05, 4.69) is 25.8 Å². The largest absolute Gasteiger partial charge is 0.465 e. The molecule has 0 radical (unpaired) electrons. The first-order valence-electron chi connectivity index (χ1n) is 8.45. The average Bonchev–Trinajstić information content (AvgIpc) is 3.23. The van der Waals surface area contributed by atoms with E-state index in [1.807, 2.05) is 6.92 Å². The van der Waals surface area contributed by atoms with E-state index < -0.39 is 5.54 Å². The fourth-order valence-corrected chi connectivity index (χ4v) is 3.59. The van der Waals surface area contributed by atoms with Crippen molar-refractivity contribution in [3.63, 3.8) is 0 Å². The van der Waals surface area contributed by atoms with Gasteiger partial charge in [0.25, 0.3) is 0 Å². The Balaban J connectivity index is 1.96. The highest BCUT2D eigenvalue weighted by molar-refractivity contribution is 5.82. The lowest BCUT2D eigenvalue weighted by Gasteiger charge is -2.41. The van der Waals surface area contributed by atoms with Crippen LogP contribution in [0, 0.1) is 11.3 Å². The van der Waals surface area contributed by atoms with Gasteiger partial charge in [0.15, 0.2) is 0 Å². The second-order valence-corrected chi connectivity index (χ2v) is 7.85. The minimum Gasteiger partial charge on any atom is -0.465 e. The lowest BCUT2D eigenvalue weighted by atomic mass is 9.75. The maximum Gasteiger partial charge on any atom is 0.327 e. The Labute approximate surface area is 129 Å². The fourth-order valence-electron chi connectivity index (χ4n) is 3.59. The summed E-state index contributed by atoms with van der Waals surface area (Å²) >= 11 is 0.